The van der Waals surface area contributed by atoms with Gasteiger partial charge in [0, 0.05) is 12.1 Å². The zero-order valence-corrected chi connectivity index (χ0v) is 12.4. The molecule has 0 saturated carbocycles. The average Bonchev–Trinajstić information content (AvgIpc) is 2.54. The van der Waals surface area contributed by atoms with Crippen LogP contribution in [0.15, 0.2) is 18.2 Å². The van der Waals surface area contributed by atoms with Gasteiger partial charge in [0.25, 0.3) is 5.91 Å². The molecule has 2 rings (SSSR count). The molecule has 1 unspecified atom stereocenters. The maximum Gasteiger partial charge on any atom is 0.254 e. The van der Waals surface area contributed by atoms with Crippen molar-refractivity contribution in [2.75, 3.05) is 40.1 Å². The van der Waals surface area contributed by atoms with Gasteiger partial charge in [0.1, 0.15) is 0 Å². The summed E-state index contributed by atoms with van der Waals surface area (Å²) in [5, 5.41) is 9.35. The summed E-state index contributed by atoms with van der Waals surface area (Å²) in [7, 11) is 1.54. The van der Waals surface area contributed by atoms with E-state index >= 15 is 0 Å². The Hall–Kier alpha value is -1.79. The number of hydrogen-bond donors (Lipinski definition) is 1. The van der Waals surface area contributed by atoms with Gasteiger partial charge < -0.3 is 24.2 Å². The number of aliphatic hydroxyl groups excluding tert-OH is 1. The SMILES string of the molecule is CCOc1ccc(C(=O)N2CCOCC2CO)cc1OC. The Morgan fingerprint density at radius 2 is 2.29 bits per heavy atom. The van der Waals surface area contributed by atoms with Crippen LogP contribution in [-0.4, -0.2) is 62.0 Å². The summed E-state index contributed by atoms with van der Waals surface area (Å²) in [6.45, 7) is 3.62. The number of rotatable bonds is 5. The van der Waals surface area contributed by atoms with Gasteiger partial charge in [0.15, 0.2) is 11.5 Å². The minimum absolute atomic E-state index is 0.111. The summed E-state index contributed by atoms with van der Waals surface area (Å²) >= 11 is 0. The smallest absolute Gasteiger partial charge is 0.254 e. The lowest BCUT2D eigenvalue weighted by molar-refractivity contribution is -0.0184. The fourth-order valence-electron chi connectivity index (χ4n) is 2.31. The second-order valence-electron chi connectivity index (χ2n) is 4.71. The lowest BCUT2D eigenvalue weighted by Gasteiger charge is -2.34. The summed E-state index contributed by atoms with van der Waals surface area (Å²) in [6.07, 6.45) is 0. The molecule has 0 bridgehead atoms. The Morgan fingerprint density at radius 3 is 2.95 bits per heavy atom. The molecular weight excluding hydrogens is 274 g/mol. The Balaban J connectivity index is 2.22. The van der Waals surface area contributed by atoms with E-state index in [4.69, 9.17) is 14.2 Å². The van der Waals surface area contributed by atoms with E-state index in [1.54, 1.807) is 23.1 Å². The second-order valence-corrected chi connectivity index (χ2v) is 4.71. The van der Waals surface area contributed by atoms with Crippen LogP contribution in [0.3, 0.4) is 0 Å². The minimum atomic E-state index is -0.302. The van der Waals surface area contributed by atoms with Gasteiger partial charge in [-0.3, -0.25) is 4.79 Å². The molecular formula is C15H21NO5. The number of carbonyl (C=O) groups excluding carboxylic acids is 1. The highest BCUT2D eigenvalue weighted by atomic mass is 16.5. The van der Waals surface area contributed by atoms with E-state index in [-0.39, 0.29) is 18.6 Å². The van der Waals surface area contributed by atoms with Crippen molar-refractivity contribution in [1.82, 2.24) is 4.90 Å². The van der Waals surface area contributed by atoms with Crippen molar-refractivity contribution in [2.45, 2.75) is 13.0 Å². The predicted molar refractivity (Wildman–Crippen MR) is 76.9 cm³/mol. The van der Waals surface area contributed by atoms with E-state index < -0.39 is 0 Å². The van der Waals surface area contributed by atoms with E-state index in [1.807, 2.05) is 6.92 Å². The first-order chi connectivity index (χ1) is 10.2. The van der Waals surface area contributed by atoms with Gasteiger partial charge in [-0.1, -0.05) is 0 Å². The van der Waals surface area contributed by atoms with E-state index in [0.717, 1.165) is 0 Å². The number of amides is 1. The van der Waals surface area contributed by atoms with Crippen molar-refractivity contribution in [1.29, 1.82) is 0 Å². The van der Waals surface area contributed by atoms with Crippen molar-refractivity contribution in [3.63, 3.8) is 0 Å². The van der Waals surface area contributed by atoms with Crippen LogP contribution in [0.1, 0.15) is 17.3 Å². The topological polar surface area (TPSA) is 68.2 Å². The average molecular weight is 295 g/mol. The molecule has 1 fully saturated rings. The van der Waals surface area contributed by atoms with E-state index in [1.165, 1.54) is 7.11 Å². The van der Waals surface area contributed by atoms with Crippen LogP contribution in [-0.2, 0) is 4.74 Å². The molecule has 1 saturated heterocycles. The number of carbonyl (C=O) groups is 1. The lowest BCUT2D eigenvalue weighted by atomic mass is 10.1. The molecule has 0 aliphatic carbocycles. The molecule has 1 atom stereocenters. The second kappa shape index (κ2) is 7.28. The standard InChI is InChI=1S/C15H21NO5/c1-3-21-13-5-4-11(8-14(13)19-2)15(18)16-6-7-20-10-12(16)9-17/h4-5,8,12,17H,3,6-7,9-10H2,1-2H3. The molecule has 1 N–H and O–H groups in total. The molecule has 1 aliphatic heterocycles. The van der Waals surface area contributed by atoms with Gasteiger partial charge in [-0.15, -0.1) is 0 Å². The molecule has 1 heterocycles. The van der Waals surface area contributed by atoms with Crippen molar-refractivity contribution >= 4 is 5.91 Å². The molecule has 21 heavy (non-hydrogen) atoms. The summed E-state index contributed by atoms with van der Waals surface area (Å²) < 4.78 is 16.0. The van der Waals surface area contributed by atoms with Crippen molar-refractivity contribution in [2.24, 2.45) is 0 Å². The van der Waals surface area contributed by atoms with E-state index in [2.05, 4.69) is 0 Å². The molecule has 0 spiro atoms. The molecule has 6 heteroatoms. The minimum Gasteiger partial charge on any atom is -0.493 e. The first-order valence-electron chi connectivity index (χ1n) is 7.01. The van der Waals surface area contributed by atoms with Crippen LogP contribution < -0.4 is 9.47 Å². The predicted octanol–water partition coefficient (Wildman–Crippen LogP) is 0.927. The van der Waals surface area contributed by atoms with E-state index in [0.29, 0.717) is 43.4 Å². The highest BCUT2D eigenvalue weighted by Crippen LogP contribution is 2.29. The van der Waals surface area contributed by atoms with Crippen LogP contribution in [0.4, 0.5) is 0 Å². The molecule has 1 amide bonds. The monoisotopic (exact) mass is 295 g/mol. The fraction of sp³-hybridized carbons (Fsp3) is 0.533. The highest BCUT2D eigenvalue weighted by Gasteiger charge is 2.28. The number of hydrogen-bond acceptors (Lipinski definition) is 5. The summed E-state index contributed by atoms with van der Waals surface area (Å²) in [5.41, 5.74) is 0.510. The normalized spacial score (nSPS) is 18.4. The third-order valence-corrected chi connectivity index (χ3v) is 3.41. The molecule has 1 aliphatic rings. The zero-order chi connectivity index (χ0) is 15.2. The number of aliphatic hydroxyl groups is 1. The fourth-order valence-corrected chi connectivity index (χ4v) is 2.31. The molecule has 0 radical (unpaired) electrons. The van der Waals surface area contributed by atoms with Crippen molar-refractivity contribution < 1.29 is 24.1 Å². The number of nitrogens with zero attached hydrogens (tertiary/aromatic N) is 1. The van der Waals surface area contributed by atoms with Gasteiger partial charge in [0.2, 0.25) is 0 Å². The summed E-state index contributed by atoms with van der Waals surface area (Å²) in [6, 6.07) is 4.80. The van der Waals surface area contributed by atoms with Crippen LogP contribution in [0.2, 0.25) is 0 Å². The largest absolute Gasteiger partial charge is 0.493 e. The molecule has 1 aromatic carbocycles. The number of methoxy groups -OCH3 is 1. The van der Waals surface area contributed by atoms with Gasteiger partial charge in [-0.25, -0.2) is 0 Å². The third kappa shape index (κ3) is 3.46. The zero-order valence-electron chi connectivity index (χ0n) is 12.4. The van der Waals surface area contributed by atoms with Crippen molar-refractivity contribution in [3.8, 4) is 11.5 Å². The summed E-state index contributed by atoms with van der Waals surface area (Å²) in [4.78, 5) is 14.2. The third-order valence-electron chi connectivity index (χ3n) is 3.41. The molecule has 1 aromatic rings. The van der Waals surface area contributed by atoms with Gasteiger partial charge in [-0.05, 0) is 25.1 Å². The first kappa shape index (κ1) is 15.6. The van der Waals surface area contributed by atoms with Crippen molar-refractivity contribution in [3.05, 3.63) is 23.8 Å². The van der Waals surface area contributed by atoms with Crippen LogP contribution in [0, 0.1) is 0 Å². The maximum atomic E-state index is 12.6. The Labute approximate surface area is 124 Å². The highest BCUT2D eigenvalue weighted by molar-refractivity contribution is 5.95. The number of benzene rings is 1. The first-order valence-corrected chi connectivity index (χ1v) is 7.01. The molecule has 0 aromatic heterocycles. The van der Waals surface area contributed by atoms with Gasteiger partial charge >= 0.3 is 0 Å². The summed E-state index contributed by atoms with van der Waals surface area (Å²) in [5.74, 6) is 0.993. The molecule has 6 nitrogen and oxygen atoms in total. The Bertz CT molecular complexity index is 491. The number of morpholine rings is 1. The quantitative estimate of drug-likeness (QED) is 0.875. The van der Waals surface area contributed by atoms with Gasteiger partial charge in [0.05, 0.1) is 39.6 Å². The van der Waals surface area contributed by atoms with Crippen LogP contribution >= 0.6 is 0 Å². The molecule has 116 valence electrons. The lowest BCUT2D eigenvalue weighted by Crippen LogP contribution is -2.50. The van der Waals surface area contributed by atoms with Gasteiger partial charge in [-0.2, -0.15) is 0 Å². The van der Waals surface area contributed by atoms with E-state index in [9.17, 15) is 9.90 Å². The maximum absolute atomic E-state index is 12.6. The van der Waals surface area contributed by atoms with Crippen LogP contribution in [0.25, 0.3) is 0 Å². The van der Waals surface area contributed by atoms with Crippen LogP contribution in [0.5, 0.6) is 11.5 Å². The number of ether oxygens (including phenoxy) is 3. The Morgan fingerprint density at radius 1 is 1.48 bits per heavy atom. The Kier molecular flexibility index (Phi) is 5.41.